The summed E-state index contributed by atoms with van der Waals surface area (Å²) in [6, 6.07) is 1.82. The van der Waals surface area contributed by atoms with E-state index in [1.54, 1.807) is 59.2 Å². The second-order valence-corrected chi connectivity index (χ2v) is 12.4. The third-order valence-electron chi connectivity index (χ3n) is 6.24. The van der Waals surface area contributed by atoms with Crippen LogP contribution in [0.2, 0.25) is 0 Å². The van der Waals surface area contributed by atoms with E-state index < -0.39 is 59.8 Å². The van der Waals surface area contributed by atoms with Gasteiger partial charge in [0.2, 0.25) is 5.95 Å². The molecule has 2 saturated heterocycles. The molecule has 0 aromatic carbocycles. The van der Waals surface area contributed by atoms with Gasteiger partial charge in [0.15, 0.2) is 12.0 Å². The zero-order chi connectivity index (χ0) is 29.1. The van der Waals surface area contributed by atoms with Gasteiger partial charge in [-0.2, -0.15) is 4.98 Å². The first kappa shape index (κ1) is 29.2. The van der Waals surface area contributed by atoms with Crippen molar-refractivity contribution in [2.45, 2.75) is 123 Å². The monoisotopic (exact) mass is 548 g/mol. The molecule has 0 saturated carbocycles. The van der Waals surface area contributed by atoms with Crippen LogP contribution in [0.15, 0.2) is 12.3 Å². The van der Waals surface area contributed by atoms with Crippen molar-refractivity contribution >= 4 is 29.2 Å². The van der Waals surface area contributed by atoms with Gasteiger partial charge >= 0.3 is 12.2 Å². The molecule has 12 heteroatoms. The number of hydrogen-bond acceptors (Lipinski definition) is 10. The van der Waals surface area contributed by atoms with E-state index in [2.05, 4.69) is 9.97 Å². The third-order valence-corrected chi connectivity index (χ3v) is 6.24. The van der Waals surface area contributed by atoms with Crippen molar-refractivity contribution in [2.75, 3.05) is 4.90 Å². The van der Waals surface area contributed by atoms with E-state index in [0.29, 0.717) is 28.0 Å². The number of ether oxygens (including phenoxy) is 5. The maximum absolute atomic E-state index is 13.2. The first-order chi connectivity index (χ1) is 17.9. The van der Waals surface area contributed by atoms with Gasteiger partial charge in [0.1, 0.15) is 35.2 Å². The Labute approximate surface area is 228 Å². The number of nitrogens with zero attached hydrogens (tertiary/aromatic N) is 4. The van der Waals surface area contributed by atoms with Crippen molar-refractivity contribution in [1.82, 2.24) is 14.5 Å². The van der Waals surface area contributed by atoms with Crippen LogP contribution in [0.5, 0.6) is 0 Å². The summed E-state index contributed by atoms with van der Waals surface area (Å²) in [5.41, 5.74) is -0.844. The average Bonchev–Trinajstić information content (AvgIpc) is 3.41. The fraction of sp³-hybridized carbons (Fsp3) is 0.704. The van der Waals surface area contributed by atoms with E-state index >= 15 is 0 Å². The molecule has 2 amide bonds. The molecule has 39 heavy (non-hydrogen) atoms. The number of hydrogen-bond donors (Lipinski definition) is 1. The first-order valence-corrected chi connectivity index (χ1v) is 13.2. The molecular formula is C27H40N4O8. The van der Waals surface area contributed by atoms with Crippen LogP contribution in [0, 0.1) is 6.92 Å². The van der Waals surface area contributed by atoms with Gasteiger partial charge in [-0.1, -0.05) is 6.92 Å². The van der Waals surface area contributed by atoms with Crippen molar-refractivity contribution in [2.24, 2.45) is 0 Å². The number of imide groups is 1. The summed E-state index contributed by atoms with van der Waals surface area (Å²) < 4.78 is 31.3. The first-order valence-electron chi connectivity index (χ1n) is 13.2. The van der Waals surface area contributed by atoms with Gasteiger partial charge in [-0.15, -0.1) is 4.90 Å². The van der Waals surface area contributed by atoms with Crippen LogP contribution in [-0.2, 0) is 23.7 Å². The normalized spacial score (nSPS) is 25.4. The standard InChI is InChI=1S/C27H40N4O8/c1-11-16(32)17-18-19(37-27(9,10)36-18)21(35-17)30-13-12-15-14(2)28-22(29-20(15)30)31(23(33)38-25(3,4)5)24(34)39-26(6,7)8/h12-13,16-19,21,32H,11H2,1-10H3/t16-,17-,18-,19-,21-/m1/s1. The molecule has 4 rings (SSSR count). The van der Waals surface area contributed by atoms with Crippen molar-refractivity contribution in [3.63, 3.8) is 0 Å². The van der Waals surface area contributed by atoms with Crippen LogP contribution in [-0.4, -0.2) is 73.2 Å². The molecule has 0 bridgehead atoms. The lowest BCUT2D eigenvalue weighted by molar-refractivity contribution is -0.206. The highest BCUT2D eigenvalue weighted by atomic mass is 16.8. The van der Waals surface area contributed by atoms with E-state index in [9.17, 15) is 14.7 Å². The van der Waals surface area contributed by atoms with E-state index in [1.807, 2.05) is 26.8 Å². The summed E-state index contributed by atoms with van der Waals surface area (Å²) >= 11 is 0. The largest absolute Gasteiger partial charge is 0.443 e. The van der Waals surface area contributed by atoms with Crippen molar-refractivity contribution in [3.05, 3.63) is 18.0 Å². The summed E-state index contributed by atoms with van der Waals surface area (Å²) in [5.74, 6) is -1.07. The average molecular weight is 549 g/mol. The van der Waals surface area contributed by atoms with Crippen molar-refractivity contribution in [1.29, 1.82) is 0 Å². The number of aliphatic hydroxyl groups excluding tert-OH is 1. The van der Waals surface area contributed by atoms with Crippen LogP contribution in [0.3, 0.4) is 0 Å². The third kappa shape index (κ3) is 6.03. The molecule has 1 N–H and O–H groups in total. The fourth-order valence-corrected chi connectivity index (χ4v) is 4.70. The number of fused-ring (bicyclic) bond motifs is 2. The summed E-state index contributed by atoms with van der Waals surface area (Å²) in [4.78, 5) is 36.2. The lowest BCUT2D eigenvalue weighted by atomic mass is 10.0. The molecule has 0 unspecified atom stereocenters. The number of aryl methyl sites for hydroxylation is 1. The summed E-state index contributed by atoms with van der Waals surface area (Å²) in [7, 11) is 0. The van der Waals surface area contributed by atoms with Gasteiger partial charge < -0.3 is 33.4 Å². The number of anilines is 1. The highest BCUT2D eigenvalue weighted by molar-refractivity contribution is 6.08. The number of carbonyl (C=O) groups excluding carboxylic acids is 2. The van der Waals surface area contributed by atoms with Crippen LogP contribution in [0.4, 0.5) is 15.5 Å². The quantitative estimate of drug-likeness (QED) is 0.577. The molecule has 216 valence electrons. The molecule has 2 aromatic heterocycles. The molecule has 0 spiro atoms. The Hall–Kier alpha value is -2.80. The second-order valence-electron chi connectivity index (χ2n) is 12.4. The minimum atomic E-state index is -0.966. The minimum Gasteiger partial charge on any atom is -0.443 e. The highest BCUT2D eigenvalue weighted by Crippen LogP contribution is 2.45. The molecular weight excluding hydrogens is 508 g/mol. The SMILES string of the molecule is CC[C@@H](O)[C@H]1O[C@@H](n2ccc3c(C)nc(N(C(=O)OC(C)(C)C)C(=O)OC(C)(C)C)nc32)[C@@H]2OC(C)(C)O[C@@H]21. The maximum atomic E-state index is 13.2. The lowest BCUT2D eigenvalue weighted by Crippen LogP contribution is -2.44. The molecule has 5 atom stereocenters. The number of aromatic nitrogens is 3. The number of amides is 2. The van der Waals surface area contributed by atoms with Crippen LogP contribution in [0.25, 0.3) is 11.0 Å². The molecule has 0 radical (unpaired) electrons. The predicted molar refractivity (Wildman–Crippen MR) is 141 cm³/mol. The zero-order valence-electron chi connectivity index (χ0n) is 24.3. The van der Waals surface area contributed by atoms with Crippen molar-refractivity contribution < 1.29 is 38.4 Å². The Morgan fingerprint density at radius 2 is 1.64 bits per heavy atom. The number of rotatable bonds is 4. The van der Waals surface area contributed by atoms with Crippen molar-refractivity contribution in [3.8, 4) is 0 Å². The van der Waals surface area contributed by atoms with E-state index in [1.165, 1.54) is 0 Å². The Balaban J connectivity index is 1.80. The van der Waals surface area contributed by atoms with Crippen LogP contribution >= 0.6 is 0 Å². The number of aliphatic hydroxyl groups is 1. The second kappa shape index (κ2) is 9.99. The van der Waals surface area contributed by atoms with Gasteiger partial charge in [0.05, 0.1) is 11.8 Å². The van der Waals surface area contributed by atoms with Gasteiger partial charge in [0, 0.05) is 11.6 Å². The topological polar surface area (TPSA) is 134 Å². The lowest BCUT2D eigenvalue weighted by Gasteiger charge is -2.28. The molecule has 2 aromatic rings. The Bertz CT molecular complexity index is 1220. The smallest absolute Gasteiger partial charge is 0.427 e. The molecule has 2 fully saturated rings. The maximum Gasteiger partial charge on any atom is 0.427 e. The minimum absolute atomic E-state index is 0.202. The Morgan fingerprint density at radius 3 is 2.18 bits per heavy atom. The van der Waals surface area contributed by atoms with E-state index in [4.69, 9.17) is 23.7 Å². The van der Waals surface area contributed by atoms with E-state index in [0.717, 1.165) is 0 Å². The molecule has 0 aliphatic carbocycles. The molecule has 2 aliphatic heterocycles. The molecule has 2 aliphatic rings. The van der Waals surface area contributed by atoms with Crippen LogP contribution in [0.1, 0.15) is 80.7 Å². The summed E-state index contributed by atoms with van der Waals surface area (Å²) in [6.45, 7) is 17.4. The number of carbonyl (C=O) groups is 2. The molecule has 12 nitrogen and oxygen atoms in total. The summed E-state index contributed by atoms with van der Waals surface area (Å²) in [6.07, 6.45) is -2.79. The van der Waals surface area contributed by atoms with Crippen LogP contribution < -0.4 is 4.90 Å². The Morgan fingerprint density at radius 1 is 1.08 bits per heavy atom. The fourth-order valence-electron chi connectivity index (χ4n) is 4.70. The predicted octanol–water partition coefficient (Wildman–Crippen LogP) is 4.60. The van der Waals surface area contributed by atoms with Gasteiger partial charge in [-0.05, 0) is 74.8 Å². The highest BCUT2D eigenvalue weighted by Gasteiger charge is 2.57. The van der Waals surface area contributed by atoms with E-state index in [-0.39, 0.29) is 5.95 Å². The van der Waals surface area contributed by atoms with Gasteiger partial charge in [-0.25, -0.2) is 14.6 Å². The zero-order valence-corrected chi connectivity index (χ0v) is 24.3. The van der Waals surface area contributed by atoms with Gasteiger partial charge in [0.25, 0.3) is 0 Å². The Kier molecular flexibility index (Phi) is 7.48. The summed E-state index contributed by atoms with van der Waals surface area (Å²) in [5, 5.41) is 11.4. The molecule has 4 heterocycles. The van der Waals surface area contributed by atoms with Gasteiger partial charge in [-0.3, -0.25) is 0 Å².